The molecule has 4 rings (SSSR count). The van der Waals surface area contributed by atoms with E-state index in [1.807, 2.05) is 42.5 Å². The average Bonchev–Trinajstić information content (AvgIpc) is 3.16. The van der Waals surface area contributed by atoms with Gasteiger partial charge in [-0.1, -0.05) is 39.0 Å². The van der Waals surface area contributed by atoms with E-state index in [2.05, 4.69) is 41.4 Å². The van der Waals surface area contributed by atoms with Gasteiger partial charge in [0, 0.05) is 29.8 Å². The molecule has 2 heterocycles. The first kappa shape index (κ1) is 18.7. The highest BCUT2D eigenvalue weighted by molar-refractivity contribution is 6.04. The lowest BCUT2D eigenvalue weighted by atomic mass is 9.86. The van der Waals surface area contributed by atoms with Gasteiger partial charge >= 0.3 is 0 Å². The molecule has 7 nitrogen and oxygen atoms in total. The number of hydrogen-bond acceptors (Lipinski definition) is 6. The van der Waals surface area contributed by atoms with Crippen LogP contribution in [-0.2, 0) is 5.41 Å². The lowest BCUT2D eigenvalue weighted by Crippen LogP contribution is -2.19. The zero-order valence-electron chi connectivity index (χ0n) is 16.5. The van der Waals surface area contributed by atoms with E-state index in [-0.39, 0.29) is 18.1 Å². The third-order valence-electron chi connectivity index (χ3n) is 4.53. The Labute approximate surface area is 169 Å². The molecule has 1 amide bonds. The number of carbonyl (C=O) groups is 1. The highest BCUT2D eigenvalue weighted by atomic mass is 16.7. The second kappa shape index (κ2) is 7.43. The topological polar surface area (TPSA) is 85.4 Å². The first-order valence-corrected chi connectivity index (χ1v) is 9.30. The van der Waals surface area contributed by atoms with Gasteiger partial charge in [-0.3, -0.25) is 4.79 Å². The molecule has 0 aliphatic carbocycles. The molecule has 2 aromatic carbocycles. The summed E-state index contributed by atoms with van der Waals surface area (Å²) < 4.78 is 10.7. The maximum atomic E-state index is 12.6. The number of benzene rings is 2. The molecule has 0 unspecified atom stereocenters. The number of nitrogens with zero attached hydrogens (tertiary/aromatic N) is 2. The van der Waals surface area contributed by atoms with E-state index in [1.165, 1.54) is 12.4 Å². The predicted molar refractivity (Wildman–Crippen MR) is 111 cm³/mol. The number of fused-ring (bicyclic) bond motifs is 1. The zero-order valence-corrected chi connectivity index (χ0v) is 16.5. The van der Waals surface area contributed by atoms with Crippen LogP contribution in [0.3, 0.4) is 0 Å². The summed E-state index contributed by atoms with van der Waals surface area (Å²) in [7, 11) is 0. The molecule has 1 aliphatic heterocycles. The van der Waals surface area contributed by atoms with Crippen molar-refractivity contribution in [2.24, 2.45) is 0 Å². The maximum Gasteiger partial charge on any atom is 0.258 e. The number of para-hydroxylation sites is 1. The van der Waals surface area contributed by atoms with Gasteiger partial charge in [-0.05, 0) is 29.2 Å². The number of carbonyl (C=O) groups excluding carboxylic acids is 1. The van der Waals surface area contributed by atoms with Crippen LogP contribution in [0.25, 0.3) is 0 Å². The van der Waals surface area contributed by atoms with E-state index in [0.717, 1.165) is 16.9 Å². The van der Waals surface area contributed by atoms with Gasteiger partial charge in [0.25, 0.3) is 5.91 Å². The molecule has 1 aliphatic rings. The Morgan fingerprint density at radius 2 is 1.72 bits per heavy atom. The molecule has 0 radical (unpaired) electrons. The summed E-state index contributed by atoms with van der Waals surface area (Å²) in [5.74, 6) is 1.51. The summed E-state index contributed by atoms with van der Waals surface area (Å²) in [5.41, 5.74) is 2.91. The van der Waals surface area contributed by atoms with Crippen molar-refractivity contribution in [2.75, 3.05) is 17.4 Å². The van der Waals surface area contributed by atoms with E-state index < -0.39 is 0 Å². The largest absolute Gasteiger partial charge is 0.454 e. The SMILES string of the molecule is CC(C)(C)c1ccccc1NC(=O)c1cnc(Nc2ccc3c(c2)OCO3)nc1. The number of nitrogens with one attached hydrogen (secondary N) is 2. The minimum atomic E-state index is -0.253. The molecular formula is C22H22N4O3. The second-order valence-electron chi connectivity index (χ2n) is 7.74. The predicted octanol–water partition coefficient (Wildman–Crippen LogP) is 4.50. The van der Waals surface area contributed by atoms with Gasteiger partial charge in [0.2, 0.25) is 12.7 Å². The molecular weight excluding hydrogens is 368 g/mol. The van der Waals surface area contributed by atoms with Crippen LogP contribution in [0.4, 0.5) is 17.3 Å². The van der Waals surface area contributed by atoms with E-state index >= 15 is 0 Å². The van der Waals surface area contributed by atoms with E-state index in [9.17, 15) is 4.79 Å². The van der Waals surface area contributed by atoms with Crippen molar-refractivity contribution in [3.8, 4) is 11.5 Å². The van der Waals surface area contributed by atoms with Crippen molar-refractivity contribution in [1.29, 1.82) is 0 Å². The second-order valence-corrected chi connectivity index (χ2v) is 7.74. The number of hydrogen-bond donors (Lipinski definition) is 2. The normalized spacial score (nSPS) is 12.5. The monoisotopic (exact) mass is 390 g/mol. The number of rotatable bonds is 4. The molecule has 148 valence electrons. The molecule has 7 heteroatoms. The summed E-state index contributed by atoms with van der Waals surface area (Å²) in [4.78, 5) is 21.1. The van der Waals surface area contributed by atoms with Crippen LogP contribution in [0, 0.1) is 0 Å². The summed E-state index contributed by atoms with van der Waals surface area (Å²) in [6.07, 6.45) is 2.99. The lowest BCUT2D eigenvalue weighted by Gasteiger charge is -2.22. The quantitative estimate of drug-likeness (QED) is 0.682. The van der Waals surface area contributed by atoms with Crippen LogP contribution in [0.15, 0.2) is 54.9 Å². The van der Waals surface area contributed by atoms with Crippen molar-refractivity contribution in [3.63, 3.8) is 0 Å². The van der Waals surface area contributed by atoms with Crippen molar-refractivity contribution in [2.45, 2.75) is 26.2 Å². The number of amides is 1. The van der Waals surface area contributed by atoms with Crippen molar-refractivity contribution >= 4 is 23.2 Å². The summed E-state index contributed by atoms with van der Waals surface area (Å²) in [6, 6.07) is 13.3. The smallest absolute Gasteiger partial charge is 0.258 e. The summed E-state index contributed by atoms with van der Waals surface area (Å²) in [6.45, 7) is 6.55. The van der Waals surface area contributed by atoms with Gasteiger partial charge in [0.1, 0.15) is 0 Å². The minimum Gasteiger partial charge on any atom is -0.454 e. The van der Waals surface area contributed by atoms with Gasteiger partial charge < -0.3 is 20.1 Å². The first-order valence-electron chi connectivity index (χ1n) is 9.30. The van der Waals surface area contributed by atoms with E-state index in [4.69, 9.17) is 9.47 Å². The number of anilines is 3. The Morgan fingerprint density at radius 1 is 1.00 bits per heavy atom. The number of ether oxygens (including phenoxy) is 2. The highest BCUT2D eigenvalue weighted by Crippen LogP contribution is 2.34. The molecule has 0 saturated carbocycles. The Bertz CT molecular complexity index is 1040. The molecule has 0 atom stereocenters. The average molecular weight is 390 g/mol. The molecule has 3 aromatic rings. The Hall–Kier alpha value is -3.61. The van der Waals surface area contributed by atoms with E-state index in [1.54, 1.807) is 0 Å². The van der Waals surface area contributed by atoms with Gasteiger partial charge in [0.15, 0.2) is 11.5 Å². The summed E-state index contributed by atoms with van der Waals surface area (Å²) in [5, 5.41) is 6.05. The number of aromatic nitrogens is 2. The standard InChI is InChI=1S/C22H22N4O3/c1-22(2,3)16-6-4-5-7-17(16)26-20(27)14-11-23-21(24-12-14)25-15-8-9-18-19(10-15)29-13-28-18/h4-12H,13H2,1-3H3,(H,26,27)(H,23,24,25). The third kappa shape index (κ3) is 4.13. The Balaban J connectivity index is 1.46. The van der Waals surface area contributed by atoms with Gasteiger partial charge in [0.05, 0.1) is 5.56 Å². The molecule has 29 heavy (non-hydrogen) atoms. The van der Waals surface area contributed by atoms with Gasteiger partial charge in [-0.15, -0.1) is 0 Å². The van der Waals surface area contributed by atoms with Crippen LogP contribution in [0.5, 0.6) is 11.5 Å². The highest BCUT2D eigenvalue weighted by Gasteiger charge is 2.19. The van der Waals surface area contributed by atoms with Crippen LogP contribution < -0.4 is 20.1 Å². The fourth-order valence-corrected chi connectivity index (χ4v) is 3.05. The zero-order chi connectivity index (χ0) is 20.4. The van der Waals surface area contributed by atoms with Crippen molar-refractivity contribution < 1.29 is 14.3 Å². The Kier molecular flexibility index (Phi) is 4.80. The molecule has 0 spiro atoms. The van der Waals surface area contributed by atoms with Crippen LogP contribution in [-0.4, -0.2) is 22.7 Å². The van der Waals surface area contributed by atoms with Crippen LogP contribution in [0.2, 0.25) is 0 Å². The minimum absolute atomic E-state index is 0.0846. The lowest BCUT2D eigenvalue weighted by molar-refractivity contribution is 0.102. The van der Waals surface area contributed by atoms with Gasteiger partial charge in [-0.2, -0.15) is 0 Å². The molecule has 2 N–H and O–H groups in total. The van der Waals surface area contributed by atoms with Crippen molar-refractivity contribution in [1.82, 2.24) is 9.97 Å². The Morgan fingerprint density at radius 3 is 2.48 bits per heavy atom. The fourth-order valence-electron chi connectivity index (χ4n) is 3.05. The maximum absolute atomic E-state index is 12.6. The van der Waals surface area contributed by atoms with Crippen LogP contribution >= 0.6 is 0 Å². The molecule has 1 aromatic heterocycles. The van der Waals surface area contributed by atoms with Crippen molar-refractivity contribution in [3.05, 3.63) is 66.0 Å². The summed E-state index contributed by atoms with van der Waals surface area (Å²) >= 11 is 0. The molecule has 0 saturated heterocycles. The first-order chi connectivity index (χ1) is 13.9. The van der Waals surface area contributed by atoms with Gasteiger partial charge in [-0.25, -0.2) is 9.97 Å². The van der Waals surface area contributed by atoms with Crippen LogP contribution in [0.1, 0.15) is 36.7 Å². The molecule has 0 bridgehead atoms. The molecule has 0 fully saturated rings. The van der Waals surface area contributed by atoms with E-state index in [0.29, 0.717) is 23.0 Å². The fraction of sp³-hybridized carbons (Fsp3) is 0.227. The third-order valence-corrected chi connectivity index (χ3v) is 4.53.